The largest absolute Gasteiger partial charge is 0.488 e. The van der Waals surface area contributed by atoms with Gasteiger partial charge in [-0.15, -0.1) is 0 Å². The molecule has 122 valence electrons. The minimum absolute atomic E-state index is 0.366. The average Bonchev–Trinajstić information content (AvgIpc) is 2.90. The molecule has 2 aliphatic rings. The van der Waals surface area contributed by atoms with E-state index in [0.717, 1.165) is 18.8 Å². The summed E-state index contributed by atoms with van der Waals surface area (Å²) in [5, 5.41) is 0. The van der Waals surface area contributed by atoms with Gasteiger partial charge in [-0.2, -0.15) is 0 Å². The Balaban J connectivity index is 1.40. The van der Waals surface area contributed by atoms with Gasteiger partial charge in [0.15, 0.2) is 0 Å². The van der Waals surface area contributed by atoms with Crippen molar-refractivity contribution in [2.75, 3.05) is 39.3 Å². The lowest BCUT2D eigenvalue weighted by Crippen LogP contribution is -2.57. The molecule has 0 radical (unpaired) electrons. The predicted molar refractivity (Wildman–Crippen MR) is 91.5 cm³/mol. The number of ether oxygens (including phenoxy) is 1. The Morgan fingerprint density at radius 3 is 2.23 bits per heavy atom. The molecular formula is C19H30N2O. The fourth-order valence-corrected chi connectivity index (χ4v) is 3.74. The van der Waals surface area contributed by atoms with Gasteiger partial charge in [0.05, 0.1) is 0 Å². The van der Waals surface area contributed by atoms with Gasteiger partial charge < -0.3 is 9.64 Å². The van der Waals surface area contributed by atoms with Crippen LogP contribution >= 0.6 is 0 Å². The number of hydrogen-bond acceptors (Lipinski definition) is 3. The molecule has 3 heteroatoms. The topological polar surface area (TPSA) is 15.7 Å². The molecule has 2 saturated heterocycles. The molecule has 1 aromatic rings. The number of likely N-dealkylation sites (tertiary alicyclic amines) is 2. The van der Waals surface area contributed by atoms with E-state index in [-0.39, 0.29) is 0 Å². The van der Waals surface area contributed by atoms with Gasteiger partial charge in [0, 0.05) is 26.2 Å². The van der Waals surface area contributed by atoms with E-state index in [1.54, 1.807) is 0 Å². The molecular weight excluding hydrogens is 272 g/mol. The molecule has 0 N–H and O–H groups in total. The zero-order chi connectivity index (χ0) is 15.6. The maximum atomic E-state index is 6.03. The normalized spacial score (nSPS) is 21.0. The first-order valence-corrected chi connectivity index (χ1v) is 8.68. The van der Waals surface area contributed by atoms with Gasteiger partial charge in [-0.1, -0.05) is 31.5 Å². The summed E-state index contributed by atoms with van der Waals surface area (Å²) in [6, 6.07) is 8.39. The van der Waals surface area contributed by atoms with Gasteiger partial charge in [-0.3, -0.25) is 4.90 Å². The molecule has 0 atom stereocenters. The SMILES string of the molecule is Cc1ccc(OC2CN(CC(C)(C)CN3CCCC3)C2)cc1. The molecule has 0 aliphatic carbocycles. The first-order chi connectivity index (χ1) is 10.5. The minimum Gasteiger partial charge on any atom is -0.488 e. The summed E-state index contributed by atoms with van der Waals surface area (Å²) in [5.41, 5.74) is 1.66. The summed E-state index contributed by atoms with van der Waals surface area (Å²) < 4.78 is 6.03. The summed E-state index contributed by atoms with van der Waals surface area (Å²) in [6.07, 6.45) is 3.13. The zero-order valence-corrected chi connectivity index (χ0v) is 14.3. The van der Waals surface area contributed by atoms with Crippen LogP contribution in [0.2, 0.25) is 0 Å². The predicted octanol–water partition coefficient (Wildman–Crippen LogP) is 3.18. The van der Waals surface area contributed by atoms with E-state index < -0.39 is 0 Å². The van der Waals surface area contributed by atoms with Crippen LogP contribution in [-0.2, 0) is 0 Å². The minimum atomic E-state index is 0.366. The van der Waals surface area contributed by atoms with Gasteiger partial charge in [0.25, 0.3) is 0 Å². The van der Waals surface area contributed by atoms with Crippen molar-refractivity contribution in [1.29, 1.82) is 0 Å². The molecule has 0 bridgehead atoms. The lowest BCUT2D eigenvalue weighted by molar-refractivity contribution is -0.00704. The van der Waals surface area contributed by atoms with Crippen LogP contribution in [0.3, 0.4) is 0 Å². The monoisotopic (exact) mass is 302 g/mol. The molecule has 3 nitrogen and oxygen atoms in total. The highest BCUT2D eigenvalue weighted by molar-refractivity contribution is 5.26. The molecule has 0 amide bonds. The second-order valence-electron chi connectivity index (χ2n) is 7.89. The van der Waals surface area contributed by atoms with E-state index in [1.165, 1.54) is 44.6 Å². The van der Waals surface area contributed by atoms with E-state index >= 15 is 0 Å². The Kier molecular flexibility index (Phi) is 4.74. The number of aryl methyl sites for hydroxylation is 1. The van der Waals surface area contributed by atoms with Crippen molar-refractivity contribution in [2.45, 2.75) is 39.7 Å². The van der Waals surface area contributed by atoms with E-state index in [9.17, 15) is 0 Å². The van der Waals surface area contributed by atoms with Crippen LogP contribution in [0.1, 0.15) is 32.3 Å². The van der Waals surface area contributed by atoms with Crippen LogP contribution < -0.4 is 4.74 Å². The lowest BCUT2D eigenvalue weighted by atomic mass is 9.90. The second kappa shape index (κ2) is 6.59. The van der Waals surface area contributed by atoms with Crippen LogP contribution in [0.15, 0.2) is 24.3 Å². The van der Waals surface area contributed by atoms with Crippen molar-refractivity contribution in [1.82, 2.24) is 9.80 Å². The highest BCUT2D eigenvalue weighted by Gasteiger charge is 2.34. The van der Waals surface area contributed by atoms with Crippen LogP contribution in [0, 0.1) is 12.3 Å². The van der Waals surface area contributed by atoms with Gasteiger partial charge in [-0.25, -0.2) is 0 Å². The van der Waals surface area contributed by atoms with Crippen molar-refractivity contribution >= 4 is 0 Å². The summed E-state index contributed by atoms with van der Waals surface area (Å²) in [7, 11) is 0. The number of benzene rings is 1. The average molecular weight is 302 g/mol. The third kappa shape index (κ3) is 4.23. The fourth-order valence-electron chi connectivity index (χ4n) is 3.74. The highest BCUT2D eigenvalue weighted by atomic mass is 16.5. The highest BCUT2D eigenvalue weighted by Crippen LogP contribution is 2.25. The fraction of sp³-hybridized carbons (Fsp3) is 0.684. The molecule has 0 aromatic heterocycles. The summed E-state index contributed by atoms with van der Waals surface area (Å²) in [5.74, 6) is 1.01. The summed E-state index contributed by atoms with van der Waals surface area (Å²) in [4.78, 5) is 5.16. The van der Waals surface area contributed by atoms with Crippen LogP contribution in [0.5, 0.6) is 5.75 Å². The Morgan fingerprint density at radius 2 is 1.59 bits per heavy atom. The van der Waals surface area contributed by atoms with E-state index in [0.29, 0.717) is 11.5 Å². The summed E-state index contributed by atoms with van der Waals surface area (Å²) >= 11 is 0. The number of nitrogens with zero attached hydrogens (tertiary/aromatic N) is 2. The van der Waals surface area contributed by atoms with E-state index in [1.807, 2.05) is 0 Å². The van der Waals surface area contributed by atoms with Gasteiger partial charge in [0.2, 0.25) is 0 Å². The number of rotatable bonds is 6. The molecule has 1 aromatic carbocycles. The maximum absolute atomic E-state index is 6.03. The van der Waals surface area contributed by atoms with Crippen LogP contribution in [0.4, 0.5) is 0 Å². The number of hydrogen-bond donors (Lipinski definition) is 0. The van der Waals surface area contributed by atoms with Crippen molar-refractivity contribution < 1.29 is 4.74 Å². The summed E-state index contributed by atoms with van der Waals surface area (Å²) in [6.45, 7) is 14.0. The Morgan fingerprint density at radius 1 is 1.00 bits per heavy atom. The molecule has 2 fully saturated rings. The van der Waals surface area contributed by atoms with Gasteiger partial charge in [-0.05, 0) is 50.4 Å². The lowest BCUT2D eigenvalue weighted by Gasteiger charge is -2.44. The van der Waals surface area contributed by atoms with Crippen molar-refractivity contribution in [3.05, 3.63) is 29.8 Å². The van der Waals surface area contributed by atoms with Gasteiger partial charge in [0.1, 0.15) is 11.9 Å². The molecule has 2 aliphatic heterocycles. The quantitative estimate of drug-likeness (QED) is 0.803. The first-order valence-electron chi connectivity index (χ1n) is 8.68. The maximum Gasteiger partial charge on any atom is 0.124 e. The zero-order valence-electron chi connectivity index (χ0n) is 14.3. The molecule has 22 heavy (non-hydrogen) atoms. The molecule has 3 rings (SSSR count). The van der Waals surface area contributed by atoms with Crippen molar-refractivity contribution in [3.8, 4) is 5.75 Å². The second-order valence-corrected chi connectivity index (χ2v) is 7.89. The standard InChI is InChI=1S/C19H30N2O/c1-16-6-8-17(9-7-16)22-18-12-21(13-18)15-19(2,3)14-20-10-4-5-11-20/h6-9,18H,4-5,10-15H2,1-3H3. The van der Waals surface area contributed by atoms with Crippen molar-refractivity contribution in [3.63, 3.8) is 0 Å². The first kappa shape index (κ1) is 15.8. The van der Waals surface area contributed by atoms with E-state index in [2.05, 4.69) is 54.8 Å². The van der Waals surface area contributed by atoms with E-state index in [4.69, 9.17) is 4.74 Å². The Labute approximate surface area is 135 Å². The molecule has 0 unspecified atom stereocenters. The Hall–Kier alpha value is -1.06. The van der Waals surface area contributed by atoms with Crippen molar-refractivity contribution in [2.24, 2.45) is 5.41 Å². The molecule has 0 spiro atoms. The molecule has 0 saturated carbocycles. The smallest absolute Gasteiger partial charge is 0.124 e. The third-order valence-electron chi connectivity index (χ3n) is 4.75. The third-order valence-corrected chi connectivity index (χ3v) is 4.75. The van der Waals surface area contributed by atoms with Gasteiger partial charge >= 0.3 is 0 Å². The van der Waals surface area contributed by atoms with Crippen LogP contribution in [-0.4, -0.2) is 55.2 Å². The molecule has 2 heterocycles. The Bertz CT molecular complexity index is 471. The van der Waals surface area contributed by atoms with Crippen LogP contribution in [0.25, 0.3) is 0 Å².